The van der Waals surface area contributed by atoms with Crippen LogP contribution in [0.5, 0.6) is 0 Å². The van der Waals surface area contributed by atoms with Crippen molar-refractivity contribution in [1.82, 2.24) is 15.8 Å². The Morgan fingerprint density at radius 3 is 2.58 bits per heavy atom. The Kier molecular flexibility index (Phi) is 7.09. The van der Waals surface area contributed by atoms with Crippen molar-refractivity contribution in [2.24, 2.45) is 5.92 Å². The van der Waals surface area contributed by atoms with E-state index in [1.165, 1.54) is 19.3 Å². The van der Waals surface area contributed by atoms with E-state index in [1.807, 2.05) is 20.8 Å². The van der Waals surface area contributed by atoms with Crippen LogP contribution in [0.3, 0.4) is 0 Å². The highest BCUT2D eigenvalue weighted by molar-refractivity contribution is 5.74. The van der Waals surface area contributed by atoms with Crippen LogP contribution in [-0.4, -0.2) is 35.0 Å². The van der Waals surface area contributed by atoms with Gasteiger partial charge in [0.15, 0.2) is 0 Å². The predicted octanol–water partition coefficient (Wildman–Crippen LogP) is 2.85. The van der Waals surface area contributed by atoms with Gasteiger partial charge in [0.1, 0.15) is 5.76 Å². The monoisotopic (exact) mass is 337 g/mol. The third kappa shape index (κ3) is 5.23. The number of rotatable bonds is 7. The highest BCUT2D eigenvalue weighted by Crippen LogP contribution is 2.27. The molecule has 0 radical (unpaired) electrons. The summed E-state index contributed by atoms with van der Waals surface area (Å²) in [5.41, 5.74) is 1.93. The molecule has 6 heteroatoms. The highest BCUT2D eigenvalue weighted by atomic mass is 16.5. The molecular weight excluding hydrogens is 306 g/mol. The van der Waals surface area contributed by atoms with E-state index >= 15 is 0 Å². The van der Waals surface area contributed by atoms with Crippen LogP contribution in [0.4, 0.5) is 4.79 Å². The average molecular weight is 337 g/mol. The van der Waals surface area contributed by atoms with Crippen molar-refractivity contribution in [3.05, 3.63) is 17.0 Å². The van der Waals surface area contributed by atoms with Crippen molar-refractivity contribution < 1.29 is 14.4 Å². The third-order valence-corrected chi connectivity index (χ3v) is 5.04. The third-order valence-electron chi connectivity index (χ3n) is 5.04. The van der Waals surface area contributed by atoms with E-state index < -0.39 is 0 Å². The van der Waals surface area contributed by atoms with Gasteiger partial charge in [0.05, 0.1) is 5.69 Å². The minimum absolute atomic E-state index is 0.0112. The molecular formula is C18H31N3O3. The molecule has 6 nitrogen and oxygen atoms in total. The number of urea groups is 1. The Bertz CT molecular complexity index is 504. The molecule has 0 unspecified atom stereocenters. The van der Waals surface area contributed by atoms with E-state index in [1.54, 1.807) is 0 Å². The van der Waals surface area contributed by atoms with Gasteiger partial charge in [-0.2, -0.15) is 0 Å². The lowest BCUT2D eigenvalue weighted by molar-refractivity contribution is 0.195. The van der Waals surface area contributed by atoms with Gasteiger partial charge in [-0.1, -0.05) is 24.4 Å². The van der Waals surface area contributed by atoms with Crippen LogP contribution in [0.2, 0.25) is 0 Å². The van der Waals surface area contributed by atoms with Gasteiger partial charge in [-0.25, -0.2) is 4.79 Å². The van der Waals surface area contributed by atoms with E-state index in [2.05, 4.69) is 15.8 Å². The molecule has 3 N–H and O–H groups in total. The molecule has 24 heavy (non-hydrogen) atoms. The number of hydrogen-bond acceptors (Lipinski definition) is 4. The Morgan fingerprint density at radius 2 is 2.00 bits per heavy atom. The van der Waals surface area contributed by atoms with E-state index in [9.17, 15) is 9.90 Å². The van der Waals surface area contributed by atoms with E-state index in [-0.39, 0.29) is 24.7 Å². The number of nitrogens with zero attached hydrogens (tertiary/aromatic N) is 1. The molecule has 1 heterocycles. The molecule has 2 amide bonds. The zero-order valence-corrected chi connectivity index (χ0v) is 15.1. The summed E-state index contributed by atoms with van der Waals surface area (Å²) < 4.78 is 5.17. The summed E-state index contributed by atoms with van der Waals surface area (Å²) in [4.78, 5) is 12.3. The summed E-state index contributed by atoms with van der Waals surface area (Å²) in [7, 11) is 0. The number of nitrogens with one attached hydrogen (secondary N) is 2. The molecule has 2 rings (SSSR count). The first-order chi connectivity index (χ1) is 11.5. The van der Waals surface area contributed by atoms with Gasteiger partial charge in [0, 0.05) is 24.3 Å². The van der Waals surface area contributed by atoms with Gasteiger partial charge < -0.3 is 20.3 Å². The largest absolute Gasteiger partial charge is 0.396 e. The molecule has 1 aliphatic carbocycles. The lowest BCUT2D eigenvalue weighted by Gasteiger charge is -2.31. The van der Waals surface area contributed by atoms with Gasteiger partial charge in [0.2, 0.25) is 0 Å². The van der Waals surface area contributed by atoms with Crippen molar-refractivity contribution in [1.29, 1.82) is 0 Å². The van der Waals surface area contributed by atoms with Crippen molar-refractivity contribution >= 4 is 6.03 Å². The lowest BCUT2D eigenvalue weighted by Crippen LogP contribution is -2.49. The summed E-state index contributed by atoms with van der Waals surface area (Å²) in [5, 5.41) is 19.3. The Balaban J connectivity index is 1.85. The van der Waals surface area contributed by atoms with Crippen molar-refractivity contribution in [3.63, 3.8) is 0 Å². The van der Waals surface area contributed by atoms with Gasteiger partial charge in [-0.15, -0.1) is 0 Å². The van der Waals surface area contributed by atoms with Crippen LogP contribution in [-0.2, 0) is 6.42 Å². The molecule has 1 aromatic heterocycles. The number of carbonyl (C=O) groups excluding carboxylic acids is 1. The van der Waals surface area contributed by atoms with Crippen LogP contribution >= 0.6 is 0 Å². The predicted molar refractivity (Wildman–Crippen MR) is 92.9 cm³/mol. The summed E-state index contributed by atoms with van der Waals surface area (Å²) in [5.74, 6) is 1.29. The van der Waals surface area contributed by atoms with Crippen molar-refractivity contribution in [2.45, 2.75) is 77.8 Å². The van der Waals surface area contributed by atoms with E-state index in [0.29, 0.717) is 18.8 Å². The number of hydrogen-bond donors (Lipinski definition) is 3. The summed E-state index contributed by atoms with van der Waals surface area (Å²) in [6.07, 6.45) is 7.32. The number of aryl methyl sites for hydroxylation is 2. The summed E-state index contributed by atoms with van der Waals surface area (Å²) in [6, 6.07) is -0.109. The molecule has 0 bridgehead atoms. The first-order valence-corrected chi connectivity index (χ1v) is 9.11. The Hall–Kier alpha value is -1.56. The van der Waals surface area contributed by atoms with Crippen LogP contribution in [0.15, 0.2) is 4.52 Å². The molecule has 1 fully saturated rings. The standard InChI is InChI=1S/C18H31N3O3/c1-12(11-16-13(2)21-24-14(16)3)19-18(23)20-17(9-10-22)15-7-5-4-6-8-15/h12,15,17,22H,4-11H2,1-3H3,(H2,19,20,23)/t12-,17-/m0/s1. The minimum Gasteiger partial charge on any atom is -0.396 e. The number of aliphatic hydroxyl groups is 1. The fourth-order valence-electron chi connectivity index (χ4n) is 3.69. The molecule has 136 valence electrons. The second kappa shape index (κ2) is 9.06. The normalized spacial score (nSPS) is 18.2. The maximum Gasteiger partial charge on any atom is 0.315 e. The topological polar surface area (TPSA) is 87.4 Å². The van der Waals surface area contributed by atoms with Crippen LogP contribution in [0, 0.1) is 19.8 Å². The fourth-order valence-corrected chi connectivity index (χ4v) is 3.69. The first-order valence-electron chi connectivity index (χ1n) is 9.11. The molecule has 1 aliphatic rings. The average Bonchev–Trinajstić information content (AvgIpc) is 2.87. The quantitative estimate of drug-likeness (QED) is 0.714. The van der Waals surface area contributed by atoms with Crippen LogP contribution < -0.4 is 10.6 Å². The molecule has 1 saturated carbocycles. The minimum atomic E-state index is -0.154. The molecule has 0 spiro atoms. The maximum atomic E-state index is 12.3. The molecule has 0 saturated heterocycles. The smallest absolute Gasteiger partial charge is 0.315 e. The van der Waals surface area contributed by atoms with Crippen molar-refractivity contribution in [2.75, 3.05) is 6.61 Å². The van der Waals surface area contributed by atoms with Gasteiger partial charge >= 0.3 is 6.03 Å². The second-order valence-corrected chi connectivity index (χ2v) is 7.04. The fraction of sp³-hybridized carbons (Fsp3) is 0.778. The molecule has 0 aliphatic heterocycles. The van der Waals surface area contributed by atoms with E-state index in [0.717, 1.165) is 29.9 Å². The zero-order chi connectivity index (χ0) is 17.5. The van der Waals surface area contributed by atoms with Gasteiger partial charge in [-0.05, 0) is 52.4 Å². The lowest BCUT2D eigenvalue weighted by atomic mass is 9.83. The SMILES string of the molecule is Cc1noc(C)c1C[C@H](C)NC(=O)N[C@@H](CCO)C1CCCCC1. The van der Waals surface area contributed by atoms with Crippen molar-refractivity contribution in [3.8, 4) is 0 Å². The van der Waals surface area contributed by atoms with Crippen LogP contribution in [0.1, 0.15) is 62.5 Å². The highest BCUT2D eigenvalue weighted by Gasteiger charge is 2.25. The number of aliphatic hydroxyl groups excluding tert-OH is 1. The molecule has 1 aromatic rings. The molecule has 0 aromatic carbocycles. The van der Waals surface area contributed by atoms with E-state index in [4.69, 9.17) is 4.52 Å². The summed E-state index contributed by atoms with van der Waals surface area (Å²) in [6.45, 7) is 5.89. The molecule has 2 atom stereocenters. The van der Waals surface area contributed by atoms with Gasteiger partial charge in [-0.3, -0.25) is 0 Å². The zero-order valence-electron chi connectivity index (χ0n) is 15.1. The number of carbonyl (C=O) groups is 1. The Labute approximate surface area is 144 Å². The summed E-state index contributed by atoms with van der Waals surface area (Å²) >= 11 is 0. The maximum absolute atomic E-state index is 12.3. The van der Waals surface area contributed by atoms with Gasteiger partial charge in [0.25, 0.3) is 0 Å². The Morgan fingerprint density at radius 1 is 1.29 bits per heavy atom. The second-order valence-electron chi connectivity index (χ2n) is 7.04. The number of amides is 2. The number of aromatic nitrogens is 1. The van der Waals surface area contributed by atoms with Crippen LogP contribution in [0.25, 0.3) is 0 Å². The first kappa shape index (κ1) is 18.8.